The number of benzene rings is 1. The third-order valence-corrected chi connectivity index (χ3v) is 3.44. The van der Waals surface area contributed by atoms with Crippen LogP contribution in [0.5, 0.6) is 0 Å². The minimum absolute atomic E-state index is 0.0445. The normalized spacial score (nSPS) is 17.5. The van der Waals surface area contributed by atoms with Crippen molar-refractivity contribution in [1.29, 1.82) is 0 Å². The van der Waals surface area contributed by atoms with Gasteiger partial charge in [0, 0.05) is 13.1 Å². The summed E-state index contributed by atoms with van der Waals surface area (Å²) >= 11 is 6.20. The second-order valence-electron chi connectivity index (χ2n) is 4.31. The molecule has 0 bridgehead atoms. The average Bonchev–Trinajstić information content (AvgIpc) is 2.81. The van der Waals surface area contributed by atoms with Crippen molar-refractivity contribution >= 4 is 17.5 Å². The maximum Gasteiger partial charge on any atom is 0.245 e. The van der Waals surface area contributed by atoms with Crippen molar-refractivity contribution in [1.82, 2.24) is 4.90 Å². The van der Waals surface area contributed by atoms with Gasteiger partial charge in [-0.3, -0.25) is 4.79 Å². The molecule has 1 fully saturated rings. The summed E-state index contributed by atoms with van der Waals surface area (Å²) in [6.07, 6.45) is 2.20. The Bertz CT molecular complexity index is 368. The third kappa shape index (κ3) is 2.38. The second kappa shape index (κ2) is 4.88. The number of alkyl halides is 1. The van der Waals surface area contributed by atoms with Gasteiger partial charge in [0.1, 0.15) is 5.38 Å². The second-order valence-corrected chi connectivity index (χ2v) is 4.74. The van der Waals surface area contributed by atoms with Gasteiger partial charge in [-0.1, -0.05) is 29.8 Å². The highest BCUT2D eigenvalue weighted by atomic mass is 35.5. The van der Waals surface area contributed by atoms with Crippen LogP contribution in [-0.4, -0.2) is 23.9 Å². The van der Waals surface area contributed by atoms with Gasteiger partial charge in [0.25, 0.3) is 0 Å². The van der Waals surface area contributed by atoms with E-state index >= 15 is 0 Å². The van der Waals surface area contributed by atoms with Crippen LogP contribution in [0.2, 0.25) is 0 Å². The molecule has 1 aliphatic rings. The molecule has 0 radical (unpaired) electrons. The minimum atomic E-state index is -0.529. The zero-order valence-electron chi connectivity index (χ0n) is 9.45. The highest BCUT2D eigenvalue weighted by molar-refractivity contribution is 6.30. The molecule has 0 N–H and O–H groups in total. The summed E-state index contributed by atoms with van der Waals surface area (Å²) in [5.41, 5.74) is 2.07. The van der Waals surface area contributed by atoms with Crippen LogP contribution < -0.4 is 0 Å². The summed E-state index contributed by atoms with van der Waals surface area (Å²) in [6, 6.07) is 7.84. The van der Waals surface area contributed by atoms with Gasteiger partial charge >= 0.3 is 0 Å². The lowest BCUT2D eigenvalue weighted by Gasteiger charge is -2.19. The molecule has 1 amide bonds. The van der Waals surface area contributed by atoms with E-state index in [0.29, 0.717) is 0 Å². The molecule has 86 valence electrons. The van der Waals surface area contributed by atoms with Crippen LogP contribution in [0.25, 0.3) is 0 Å². The molecule has 1 aliphatic heterocycles. The Labute approximate surface area is 101 Å². The monoisotopic (exact) mass is 237 g/mol. The van der Waals surface area contributed by atoms with Gasteiger partial charge in [-0.15, -0.1) is 11.6 Å². The molecule has 2 rings (SSSR count). The lowest BCUT2D eigenvalue weighted by molar-refractivity contribution is -0.129. The molecule has 1 unspecified atom stereocenters. The van der Waals surface area contributed by atoms with E-state index in [2.05, 4.69) is 0 Å². The summed E-state index contributed by atoms with van der Waals surface area (Å²) in [7, 11) is 0. The topological polar surface area (TPSA) is 20.3 Å². The number of rotatable bonds is 2. The van der Waals surface area contributed by atoms with Crippen molar-refractivity contribution in [3.05, 3.63) is 35.4 Å². The standard InChI is InChI=1S/C13H16ClNO/c1-10-4-6-11(7-5-10)12(14)13(16)15-8-2-3-9-15/h4-7,12H,2-3,8-9H2,1H3. The number of amides is 1. The highest BCUT2D eigenvalue weighted by Crippen LogP contribution is 2.25. The smallest absolute Gasteiger partial charge is 0.245 e. The van der Waals surface area contributed by atoms with E-state index in [4.69, 9.17) is 11.6 Å². The minimum Gasteiger partial charge on any atom is -0.341 e. The Morgan fingerprint density at radius 1 is 1.25 bits per heavy atom. The summed E-state index contributed by atoms with van der Waals surface area (Å²) in [4.78, 5) is 13.9. The quantitative estimate of drug-likeness (QED) is 0.725. The molecular formula is C13H16ClNO. The van der Waals surface area contributed by atoms with Gasteiger partial charge in [-0.25, -0.2) is 0 Å². The molecule has 1 aromatic carbocycles. The van der Waals surface area contributed by atoms with Crippen LogP contribution in [-0.2, 0) is 4.79 Å². The number of nitrogens with zero attached hydrogens (tertiary/aromatic N) is 1. The van der Waals surface area contributed by atoms with Crippen molar-refractivity contribution in [2.45, 2.75) is 25.1 Å². The molecule has 0 aromatic heterocycles. The van der Waals surface area contributed by atoms with E-state index in [1.807, 2.05) is 36.1 Å². The first-order valence-electron chi connectivity index (χ1n) is 5.68. The molecule has 0 aliphatic carbocycles. The lowest BCUT2D eigenvalue weighted by atomic mass is 10.1. The Morgan fingerprint density at radius 3 is 2.38 bits per heavy atom. The van der Waals surface area contributed by atoms with E-state index in [1.165, 1.54) is 5.56 Å². The molecule has 1 saturated heterocycles. The number of carbonyl (C=O) groups is 1. The number of halogens is 1. The van der Waals surface area contributed by atoms with Gasteiger partial charge < -0.3 is 4.90 Å². The van der Waals surface area contributed by atoms with Crippen LogP contribution >= 0.6 is 11.6 Å². The summed E-state index contributed by atoms with van der Waals surface area (Å²) < 4.78 is 0. The molecule has 0 saturated carbocycles. The largest absolute Gasteiger partial charge is 0.341 e. The zero-order chi connectivity index (χ0) is 11.5. The number of hydrogen-bond acceptors (Lipinski definition) is 1. The zero-order valence-corrected chi connectivity index (χ0v) is 10.2. The molecule has 2 nitrogen and oxygen atoms in total. The van der Waals surface area contributed by atoms with Crippen molar-refractivity contribution in [3.8, 4) is 0 Å². The van der Waals surface area contributed by atoms with Gasteiger partial charge in [0.15, 0.2) is 0 Å². The SMILES string of the molecule is Cc1ccc(C(Cl)C(=O)N2CCCC2)cc1. The molecule has 1 aromatic rings. The summed E-state index contributed by atoms with van der Waals surface area (Å²) in [5.74, 6) is 0.0445. The first kappa shape index (κ1) is 11.5. The number of hydrogen-bond donors (Lipinski definition) is 0. The van der Waals surface area contributed by atoms with Crippen molar-refractivity contribution in [3.63, 3.8) is 0 Å². The van der Waals surface area contributed by atoms with Gasteiger partial charge in [0.2, 0.25) is 5.91 Å². The number of aryl methyl sites for hydroxylation is 1. The van der Waals surface area contributed by atoms with Crippen LogP contribution in [0.4, 0.5) is 0 Å². The van der Waals surface area contributed by atoms with E-state index in [0.717, 1.165) is 31.5 Å². The van der Waals surface area contributed by atoms with E-state index in [-0.39, 0.29) is 5.91 Å². The Balaban J connectivity index is 2.08. The Hall–Kier alpha value is -1.02. The lowest BCUT2D eigenvalue weighted by Crippen LogP contribution is -2.30. The summed E-state index contributed by atoms with van der Waals surface area (Å²) in [5, 5.41) is -0.529. The Kier molecular flexibility index (Phi) is 3.49. The maximum absolute atomic E-state index is 12.0. The first-order valence-corrected chi connectivity index (χ1v) is 6.11. The van der Waals surface area contributed by atoms with Crippen LogP contribution in [0.3, 0.4) is 0 Å². The highest BCUT2D eigenvalue weighted by Gasteiger charge is 2.25. The Morgan fingerprint density at radius 2 is 1.81 bits per heavy atom. The molecule has 16 heavy (non-hydrogen) atoms. The van der Waals surface area contributed by atoms with E-state index in [9.17, 15) is 4.79 Å². The van der Waals surface area contributed by atoms with E-state index < -0.39 is 5.38 Å². The molecule has 3 heteroatoms. The summed E-state index contributed by atoms with van der Waals surface area (Å²) in [6.45, 7) is 3.73. The third-order valence-electron chi connectivity index (χ3n) is 3.00. The van der Waals surface area contributed by atoms with Gasteiger partial charge in [0.05, 0.1) is 0 Å². The fourth-order valence-electron chi connectivity index (χ4n) is 1.98. The van der Waals surface area contributed by atoms with Gasteiger partial charge in [-0.05, 0) is 25.3 Å². The average molecular weight is 238 g/mol. The fourth-order valence-corrected chi connectivity index (χ4v) is 2.26. The van der Waals surface area contributed by atoms with Crippen molar-refractivity contribution in [2.75, 3.05) is 13.1 Å². The molecule has 0 spiro atoms. The predicted molar refractivity (Wildman–Crippen MR) is 65.6 cm³/mol. The maximum atomic E-state index is 12.0. The first-order chi connectivity index (χ1) is 7.68. The molecule has 1 atom stereocenters. The number of likely N-dealkylation sites (tertiary alicyclic amines) is 1. The van der Waals surface area contributed by atoms with Crippen molar-refractivity contribution < 1.29 is 4.79 Å². The molecule has 1 heterocycles. The van der Waals surface area contributed by atoms with Crippen LogP contribution in [0, 0.1) is 6.92 Å². The van der Waals surface area contributed by atoms with Crippen LogP contribution in [0.15, 0.2) is 24.3 Å². The number of carbonyl (C=O) groups excluding carboxylic acids is 1. The molecular weight excluding hydrogens is 222 g/mol. The van der Waals surface area contributed by atoms with Gasteiger partial charge in [-0.2, -0.15) is 0 Å². The van der Waals surface area contributed by atoms with Crippen molar-refractivity contribution in [2.24, 2.45) is 0 Å². The van der Waals surface area contributed by atoms with Crippen LogP contribution in [0.1, 0.15) is 29.3 Å². The fraction of sp³-hybridized carbons (Fsp3) is 0.462. The van der Waals surface area contributed by atoms with E-state index in [1.54, 1.807) is 0 Å². The predicted octanol–water partition coefficient (Wildman–Crippen LogP) is 2.90.